The van der Waals surface area contributed by atoms with Gasteiger partial charge in [-0.25, -0.2) is 9.97 Å². The van der Waals surface area contributed by atoms with Crippen molar-refractivity contribution in [3.8, 4) is 0 Å². The molecule has 3 aliphatic rings. The number of carbonyl (C=O) groups excluding carboxylic acids is 2. The Balaban J connectivity index is 1.25. The largest absolute Gasteiger partial charge is 0.354 e. The minimum Gasteiger partial charge on any atom is -0.354 e. The van der Waals surface area contributed by atoms with Crippen molar-refractivity contribution in [3.63, 3.8) is 0 Å². The molecule has 3 aromatic heterocycles. The molecule has 182 valence electrons. The molecule has 5 heterocycles. The summed E-state index contributed by atoms with van der Waals surface area (Å²) in [5.41, 5.74) is 2.17. The van der Waals surface area contributed by atoms with E-state index in [0.717, 1.165) is 55.2 Å². The van der Waals surface area contributed by atoms with Crippen molar-refractivity contribution in [3.05, 3.63) is 36.3 Å². The zero-order chi connectivity index (χ0) is 23.9. The smallest absolute Gasteiger partial charge is 0.267 e. The summed E-state index contributed by atoms with van der Waals surface area (Å²) in [6.45, 7) is 0.676. The summed E-state index contributed by atoms with van der Waals surface area (Å²) in [5, 5.41) is 10.3. The van der Waals surface area contributed by atoms with Gasteiger partial charge in [-0.1, -0.05) is 12.8 Å². The second-order valence-electron chi connectivity index (χ2n) is 9.76. The maximum Gasteiger partial charge on any atom is 0.267 e. The first-order valence-corrected chi connectivity index (χ1v) is 12.5. The molecule has 0 radical (unpaired) electrons. The number of hydrogen-bond donors (Lipinski definition) is 3. The highest BCUT2D eigenvalue weighted by Gasteiger charge is 2.34. The van der Waals surface area contributed by atoms with Crippen molar-refractivity contribution < 1.29 is 9.59 Å². The zero-order valence-corrected chi connectivity index (χ0v) is 19.8. The molecule has 2 saturated heterocycles. The van der Waals surface area contributed by atoms with Crippen LogP contribution in [0.3, 0.4) is 0 Å². The number of amides is 2. The second-order valence-corrected chi connectivity index (χ2v) is 9.76. The Kier molecular flexibility index (Phi) is 5.60. The summed E-state index contributed by atoms with van der Waals surface area (Å²) < 4.78 is 2.07. The van der Waals surface area contributed by atoms with Gasteiger partial charge in [0, 0.05) is 49.7 Å². The number of anilines is 3. The predicted octanol–water partition coefficient (Wildman–Crippen LogP) is 2.90. The molecular formula is C25H30N8O2. The summed E-state index contributed by atoms with van der Waals surface area (Å²) in [6.07, 6.45) is 10.6. The van der Waals surface area contributed by atoms with Gasteiger partial charge in [-0.3, -0.25) is 9.59 Å². The van der Waals surface area contributed by atoms with Crippen molar-refractivity contribution in [2.45, 2.75) is 63.1 Å². The molecule has 1 aliphatic carbocycles. The Morgan fingerprint density at radius 1 is 1.09 bits per heavy atom. The molecule has 2 aliphatic heterocycles. The number of carbonyl (C=O) groups is 2. The number of nitrogens with zero attached hydrogens (tertiary/aromatic N) is 5. The quantitative estimate of drug-likeness (QED) is 0.520. The number of rotatable bonds is 5. The monoisotopic (exact) mass is 474 g/mol. The van der Waals surface area contributed by atoms with Crippen molar-refractivity contribution in [1.82, 2.24) is 30.2 Å². The Labute approximate surface area is 203 Å². The number of aromatic nitrogens is 4. The number of fused-ring (bicyclic) bond motifs is 3. The van der Waals surface area contributed by atoms with Crippen molar-refractivity contribution >= 4 is 40.3 Å². The van der Waals surface area contributed by atoms with E-state index in [2.05, 4.69) is 30.5 Å². The molecule has 3 fully saturated rings. The second kappa shape index (κ2) is 8.92. The molecule has 2 amide bonds. The Morgan fingerprint density at radius 3 is 2.69 bits per heavy atom. The van der Waals surface area contributed by atoms with E-state index in [-0.39, 0.29) is 17.9 Å². The first-order chi connectivity index (χ1) is 17.1. The predicted molar refractivity (Wildman–Crippen MR) is 133 cm³/mol. The van der Waals surface area contributed by atoms with E-state index in [4.69, 9.17) is 4.98 Å². The van der Waals surface area contributed by atoms with E-state index in [1.54, 1.807) is 19.4 Å². The highest BCUT2D eigenvalue weighted by molar-refractivity contribution is 5.98. The Hall–Kier alpha value is -3.53. The summed E-state index contributed by atoms with van der Waals surface area (Å²) in [6, 6.07) is 6.53. The lowest BCUT2D eigenvalue weighted by Gasteiger charge is -2.24. The molecule has 1 saturated carbocycles. The molecule has 10 nitrogen and oxygen atoms in total. The summed E-state index contributed by atoms with van der Waals surface area (Å²) in [4.78, 5) is 40.8. The lowest BCUT2D eigenvalue weighted by atomic mass is 10.1. The lowest BCUT2D eigenvalue weighted by Crippen LogP contribution is -2.37. The summed E-state index contributed by atoms with van der Waals surface area (Å²) in [5.74, 6) is 1.04. The van der Waals surface area contributed by atoms with E-state index in [1.807, 2.05) is 23.1 Å². The van der Waals surface area contributed by atoms with Gasteiger partial charge in [-0.05, 0) is 43.9 Å². The van der Waals surface area contributed by atoms with Crippen molar-refractivity contribution in [2.75, 3.05) is 23.8 Å². The molecule has 3 aromatic rings. The van der Waals surface area contributed by atoms with Gasteiger partial charge >= 0.3 is 0 Å². The maximum atomic E-state index is 12.7. The highest BCUT2D eigenvalue weighted by Crippen LogP contribution is 2.34. The first-order valence-electron chi connectivity index (χ1n) is 12.5. The average molecular weight is 475 g/mol. The van der Waals surface area contributed by atoms with Crippen LogP contribution in [0.1, 0.15) is 61.5 Å². The highest BCUT2D eigenvalue weighted by atomic mass is 16.2. The lowest BCUT2D eigenvalue weighted by molar-refractivity contribution is -0.118. The van der Waals surface area contributed by atoms with E-state index >= 15 is 0 Å². The third-order valence-electron chi connectivity index (χ3n) is 7.48. The van der Waals surface area contributed by atoms with Gasteiger partial charge in [-0.2, -0.15) is 4.98 Å². The van der Waals surface area contributed by atoms with Gasteiger partial charge in [0.15, 0.2) is 0 Å². The fourth-order valence-corrected chi connectivity index (χ4v) is 5.74. The molecule has 0 aromatic carbocycles. The molecule has 35 heavy (non-hydrogen) atoms. The van der Waals surface area contributed by atoms with Crippen molar-refractivity contribution in [2.24, 2.45) is 0 Å². The molecule has 6 rings (SSSR count). The van der Waals surface area contributed by atoms with E-state index < -0.39 is 0 Å². The number of hydrogen-bond acceptors (Lipinski definition) is 7. The van der Waals surface area contributed by atoms with Crippen LogP contribution < -0.4 is 20.9 Å². The van der Waals surface area contributed by atoms with Crippen LogP contribution in [0.25, 0.3) is 11.0 Å². The first kappa shape index (κ1) is 22.0. The molecular weight excluding hydrogens is 444 g/mol. The van der Waals surface area contributed by atoms with Gasteiger partial charge in [0.1, 0.15) is 17.2 Å². The van der Waals surface area contributed by atoms with Crippen molar-refractivity contribution in [1.29, 1.82) is 0 Å². The molecule has 2 atom stereocenters. The van der Waals surface area contributed by atoms with Gasteiger partial charge in [0.25, 0.3) is 5.91 Å². The van der Waals surface area contributed by atoms with Crippen LogP contribution in [0.2, 0.25) is 0 Å². The summed E-state index contributed by atoms with van der Waals surface area (Å²) >= 11 is 0. The maximum absolute atomic E-state index is 12.7. The van der Waals surface area contributed by atoms with Crippen LogP contribution in [0.4, 0.5) is 17.5 Å². The van der Waals surface area contributed by atoms with Gasteiger partial charge in [0.05, 0.1) is 11.9 Å². The fraction of sp³-hybridized carbons (Fsp3) is 0.480. The minimum absolute atomic E-state index is 0.117. The van der Waals surface area contributed by atoms with Crippen LogP contribution in [0, 0.1) is 0 Å². The molecule has 2 bridgehead atoms. The van der Waals surface area contributed by atoms with E-state index in [1.165, 1.54) is 0 Å². The summed E-state index contributed by atoms with van der Waals surface area (Å²) in [7, 11) is 1.65. The van der Waals surface area contributed by atoms with Crippen LogP contribution in [0.15, 0.2) is 30.6 Å². The topological polar surface area (TPSA) is 117 Å². The number of pyridine rings is 1. The third kappa shape index (κ3) is 4.12. The Bertz CT molecular complexity index is 1260. The molecule has 0 unspecified atom stereocenters. The zero-order valence-electron chi connectivity index (χ0n) is 19.8. The van der Waals surface area contributed by atoms with E-state index in [9.17, 15) is 9.59 Å². The third-order valence-corrected chi connectivity index (χ3v) is 7.48. The van der Waals surface area contributed by atoms with Crippen LogP contribution >= 0.6 is 0 Å². The van der Waals surface area contributed by atoms with Crippen LogP contribution in [-0.2, 0) is 4.79 Å². The minimum atomic E-state index is -0.117. The fourth-order valence-electron chi connectivity index (χ4n) is 5.74. The van der Waals surface area contributed by atoms with E-state index in [0.29, 0.717) is 42.5 Å². The molecule has 0 spiro atoms. The van der Waals surface area contributed by atoms with Crippen LogP contribution in [0.5, 0.6) is 0 Å². The number of nitrogens with one attached hydrogen (secondary N) is 3. The average Bonchev–Trinajstić information content (AvgIpc) is 3.60. The Morgan fingerprint density at radius 2 is 1.91 bits per heavy atom. The van der Waals surface area contributed by atoms with Gasteiger partial charge < -0.3 is 25.4 Å². The normalized spacial score (nSPS) is 22.5. The van der Waals surface area contributed by atoms with Crippen LogP contribution in [-0.4, -0.2) is 57.0 Å². The molecule has 10 heteroatoms. The standard InChI is InChI=1S/C25H30N8O2/c1-26-24(35)20-10-15-12-28-25(31-23(15)33(20)18-4-2-3-5-18)30-21-9-8-19(13-27-21)32-14-17-7-6-16(29-17)11-22(32)34/h8-10,12-13,16-18,29H,2-7,11,14H2,1H3,(H,26,35)(H,27,28,30,31)/t16-,17+/m0/s1. The SMILES string of the molecule is CNC(=O)c1cc2cnc(Nc3ccc(N4C[C@H]5CC[C@@H](CC4=O)N5)cn3)nc2n1C1CCCC1. The van der Waals surface area contributed by atoms with Gasteiger partial charge in [-0.15, -0.1) is 0 Å². The molecule has 3 N–H and O–H groups in total. The van der Waals surface area contributed by atoms with Gasteiger partial charge in [0.2, 0.25) is 11.9 Å².